The van der Waals surface area contributed by atoms with E-state index in [9.17, 15) is 0 Å². The van der Waals surface area contributed by atoms with Gasteiger partial charge in [-0.05, 0) is 46.5 Å². The number of rotatable bonds is 2. The van der Waals surface area contributed by atoms with E-state index in [2.05, 4.69) is 35.6 Å². The van der Waals surface area contributed by atoms with Crippen molar-refractivity contribution >= 4 is 46.0 Å². The Balaban J connectivity index is 2.89. The van der Waals surface area contributed by atoms with Gasteiger partial charge in [-0.1, -0.05) is 18.5 Å². The predicted molar refractivity (Wildman–Crippen MR) is 60.6 cm³/mol. The van der Waals surface area contributed by atoms with Gasteiger partial charge in [-0.2, -0.15) is 0 Å². The van der Waals surface area contributed by atoms with Crippen LogP contribution in [0.15, 0.2) is 23.1 Å². The summed E-state index contributed by atoms with van der Waals surface area (Å²) < 4.78 is 1.20. The Bertz CT molecular complexity index is 230. The van der Waals surface area contributed by atoms with E-state index in [4.69, 9.17) is 11.6 Å². The van der Waals surface area contributed by atoms with Gasteiger partial charge in [0.15, 0.2) is 0 Å². The molecule has 0 aromatic heterocycles. The highest BCUT2D eigenvalue weighted by molar-refractivity contribution is 14.1. The maximum Gasteiger partial charge on any atom is 0.0427 e. The van der Waals surface area contributed by atoms with Crippen LogP contribution in [0.5, 0.6) is 0 Å². The Labute approximate surface area is 89.8 Å². The highest BCUT2D eigenvalue weighted by Gasteiger charge is 1.96. The lowest BCUT2D eigenvalue weighted by molar-refractivity contribution is 1.41. The van der Waals surface area contributed by atoms with Crippen LogP contribution in [0.2, 0.25) is 5.02 Å². The molecule has 0 saturated heterocycles. The summed E-state index contributed by atoms with van der Waals surface area (Å²) in [5, 5.41) is 0.827. The molecule has 0 aliphatic carbocycles. The standard InChI is InChI=1S/C8H8ClIS/c1-2-11-8-4-6(9)3-7(10)5-8/h3-5H,2H2,1H3. The van der Waals surface area contributed by atoms with Crippen LogP contribution in [-0.4, -0.2) is 5.75 Å². The van der Waals surface area contributed by atoms with E-state index in [1.54, 1.807) is 0 Å². The van der Waals surface area contributed by atoms with Crippen molar-refractivity contribution < 1.29 is 0 Å². The van der Waals surface area contributed by atoms with Gasteiger partial charge in [-0.3, -0.25) is 0 Å². The minimum Gasteiger partial charge on any atom is -0.126 e. The van der Waals surface area contributed by atoms with Crippen molar-refractivity contribution in [1.29, 1.82) is 0 Å². The summed E-state index contributed by atoms with van der Waals surface area (Å²) in [6, 6.07) is 6.10. The van der Waals surface area contributed by atoms with Crippen LogP contribution >= 0.6 is 46.0 Å². The molecule has 1 aromatic carbocycles. The fraction of sp³-hybridized carbons (Fsp3) is 0.250. The first-order valence-electron chi connectivity index (χ1n) is 3.31. The number of thioether (sulfide) groups is 1. The van der Waals surface area contributed by atoms with E-state index >= 15 is 0 Å². The summed E-state index contributed by atoms with van der Waals surface area (Å²) in [7, 11) is 0. The molecule has 1 aromatic rings. The predicted octanol–water partition coefficient (Wildman–Crippen LogP) is 4.06. The van der Waals surface area contributed by atoms with Gasteiger partial charge in [0.1, 0.15) is 0 Å². The molecule has 0 fully saturated rings. The molecule has 0 aliphatic heterocycles. The summed E-state index contributed by atoms with van der Waals surface area (Å²) in [6.45, 7) is 2.14. The lowest BCUT2D eigenvalue weighted by Gasteiger charge is -1.99. The van der Waals surface area contributed by atoms with Crippen LogP contribution < -0.4 is 0 Å². The van der Waals surface area contributed by atoms with Gasteiger partial charge in [0.05, 0.1) is 0 Å². The fourth-order valence-electron chi connectivity index (χ4n) is 0.779. The van der Waals surface area contributed by atoms with E-state index in [1.165, 1.54) is 8.47 Å². The Morgan fingerprint density at radius 2 is 2.18 bits per heavy atom. The first kappa shape index (κ1) is 9.68. The fourth-order valence-corrected chi connectivity index (χ4v) is 2.90. The molecule has 1 rings (SSSR count). The van der Waals surface area contributed by atoms with Crippen LogP contribution in [-0.2, 0) is 0 Å². The summed E-state index contributed by atoms with van der Waals surface area (Å²) in [6.07, 6.45) is 0. The van der Waals surface area contributed by atoms with Gasteiger partial charge in [0.25, 0.3) is 0 Å². The molecule has 0 nitrogen and oxygen atoms in total. The average Bonchev–Trinajstić information content (AvgIpc) is 1.85. The van der Waals surface area contributed by atoms with Gasteiger partial charge in [-0.15, -0.1) is 11.8 Å². The molecule has 0 bridgehead atoms. The van der Waals surface area contributed by atoms with Crippen LogP contribution in [0.25, 0.3) is 0 Å². The monoisotopic (exact) mass is 298 g/mol. The minimum absolute atomic E-state index is 0.827. The maximum absolute atomic E-state index is 5.87. The number of hydrogen-bond donors (Lipinski definition) is 0. The van der Waals surface area contributed by atoms with Crippen molar-refractivity contribution in [1.82, 2.24) is 0 Å². The van der Waals surface area contributed by atoms with Gasteiger partial charge in [-0.25, -0.2) is 0 Å². The third-order valence-electron chi connectivity index (χ3n) is 1.15. The smallest absolute Gasteiger partial charge is 0.0427 e. The number of halogens is 2. The van der Waals surface area contributed by atoms with E-state index in [-0.39, 0.29) is 0 Å². The van der Waals surface area contributed by atoms with Crippen molar-refractivity contribution in [3.63, 3.8) is 0 Å². The van der Waals surface area contributed by atoms with Crippen LogP contribution in [0.4, 0.5) is 0 Å². The van der Waals surface area contributed by atoms with Gasteiger partial charge < -0.3 is 0 Å². The normalized spacial score (nSPS) is 10.1. The zero-order chi connectivity index (χ0) is 8.27. The summed E-state index contributed by atoms with van der Waals surface area (Å²) in [5.41, 5.74) is 0. The quantitative estimate of drug-likeness (QED) is 0.586. The second-order valence-corrected chi connectivity index (χ2v) is 5.06. The molecule has 0 aliphatic rings. The molecular formula is C8H8ClIS. The highest BCUT2D eigenvalue weighted by Crippen LogP contribution is 2.24. The number of benzene rings is 1. The van der Waals surface area contributed by atoms with Crippen molar-refractivity contribution in [2.24, 2.45) is 0 Å². The maximum atomic E-state index is 5.87. The van der Waals surface area contributed by atoms with Crippen molar-refractivity contribution in [3.8, 4) is 0 Å². The summed E-state index contributed by atoms with van der Waals surface area (Å²) in [5.74, 6) is 1.09. The Hall–Kier alpha value is 0.590. The Morgan fingerprint density at radius 1 is 1.45 bits per heavy atom. The molecule has 0 saturated carbocycles. The van der Waals surface area contributed by atoms with E-state index in [1.807, 2.05) is 23.9 Å². The summed E-state index contributed by atoms with van der Waals surface area (Å²) >= 11 is 9.96. The first-order chi connectivity index (χ1) is 5.22. The zero-order valence-corrected chi connectivity index (χ0v) is 9.83. The molecule has 60 valence electrons. The molecule has 0 amide bonds. The molecule has 3 heteroatoms. The molecule has 0 heterocycles. The molecule has 0 N–H and O–H groups in total. The van der Waals surface area contributed by atoms with Crippen molar-refractivity contribution in [2.75, 3.05) is 5.75 Å². The molecule has 11 heavy (non-hydrogen) atoms. The second-order valence-electron chi connectivity index (χ2n) is 2.04. The molecule has 0 unspecified atom stereocenters. The largest absolute Gasteiger partial charge is 0.126 e. The Kier molecular flexibility index (Phi) is 4.02. The van der Waals surface area contributed by atoms with E-state index in [0.717, 1.165) is 10.8 Å². The molecule has 0 atom stereocenters. The topological polar surface area (TPSA) is 0 Å². The van der Waals surface area contributed by atoms with E-state index < -0.39 is 0 Å². The third kappa shape index (κ3) is 3.22. The minimum atomic E-state index is 0.827. The van der Waals surface area contributed by atoms with Crippen LogP contribution in [0, 0.1) is 3.57 Å². The first-order valence-corrected chi connectivity index (χ1v) is 5.75. The SMILES string of the molecule is CCSc1cc(Cl)cc(I)c1. The highest BCUT2D eigenvalue weighted by atomic mass is 127. The van der Waals surface area contributed by atoms with Gasteiger partial charge in [0.2, 0.25) is 0 Å². The second kappa shape index (κ2) is 4.58. The van der Waals surface area contributed by atoms with Gasteiger partial charge >= 0.3 is 0 Å². The number of hydrogen-bond acceptors (Lipinski definition) is 1. The summed E-state index contributed by atoms with van der Waals surface area (Å²) in [4.78, 5) is 1.25. The van der Waals surface area contributed by atoms with Gasteiger partial charge in [0, 0.05) is 13.5 Å². The third-order valence-corrected chi connectivity index (χ3v) is 2.85. The Morgan fingerprint density at radius 3 is 2.73 bits per heavy atom. The van der Waals surface area contributed by atoms with Crippen LogP contribution in [0.1, 0.15) is 6.92 Å². The average molecular weight is 299 g/mol. The van der Waals surface area contributed by atoms with Crippen molar-refractivity contribution in [2.45, 2.75) is 11.8 Å². The lowest BCUT2D eigenvalue weighted by Crippen LogP contribution is -1.76. The molecule has 0 radical (unpaired) electrons. The molecule has 0 spiro atoms. The van der Waals surface area contributed by atoms with Crippen LogP contribution in [0.3, 0.4) is 0 Å². The zero-order valence-electron chi connectivity index (χ0n) is 6.10. The molecular weight excluding hydrogens is 291 g/mol. The van der Waals surface area contributed by atoms with Crippen molar-refractivity contribution in [3.05, 3.63) is 26.8 Å². The lowest BCUT2D eigenvalue weighted by atomic mass is 10.4. The van der Waals surface area contributed by atoms with E-state index in [0.29, 0.717) is 0 Å².